The first-order valence-electron chi connectivity index (χ1n) is 6.40. The van der Waals surface area contributed by atoms with E-state index in [1.165, 1.54) is 0 Å². The highest BCUT2D eigenvalue weighted by atomic mass is 16.5. The molecule has 0 radical (unpaired) electrons. The van der Waals surface area contributed by atoms with Gasteiger partial charge in [0.05, 0.1) is 6.10 Å². The summed E-state index contributed by atoms with van der Waals surface area (Å²) >= 11 is 0. The lowest BCUT2D eigenvalue weighted by Gasteiger charge is -2.14. The molecule has 19 heavy (non-hydrogen) atoms. The van der Waals surface area contributed by atoms with Crippen LogP contribution in [0.4, 0.5) is 5.95 Å². The first-order valence-corrected chi connectivity index (χ1v) is 6.40. The smallest absolute Gasteiger partial charge is 0.245 e. The normalized spacial score (nSPS) is 10.8. The van der Waals surface area contributed by atoms with Crippen LogP contribution in [0.1, 0.15) is 30.9 Å². The average molecular weight is 260 g/mol. The molecule has 0 amide bonds. The molecule has 102 valence electrons. The van der Waals surface area contributed by atoms with Crippen LogP contribution in [0.25, 0.3) is 0 Å². The zero-order valence-electron chi connectivity index (χ0n) is 12.1. The lowest BCUT2D eigenvalue weighted by atomic mass is 10.4. The SMILES string of the molecule is Cc1cc(OC(C)C)nc(Nn2c(C)ccc2C)n1. The zero-order valence-corrected chi connectivity index (χ0v) is 12.1. The van der Waals surface area contributed by atoms with Gasteiger partial charge in [0.1, 0.15) is 0 Å². The van der Waals surface area contributed by atoms with E-state index in [0.29, 0.717) is 11.8 Å². The van der Waals surface area contributed by atoms with Crippen LogP contribution in [-0.4, -0.2) is 20.7 Å². The number of hydrogen-bond acceptors (Lipinski definition) is 4. The number of aryl methyl sites for hydroxylation is 3. The van der Waals surface area contributed by atoms with Crippen molar-refractivity contribution in [1.82, 2.24) is 14.6 Å². The number of nitrogens with zero attached hydrogens (tertiary/aromatic N) is 3. The van der Waals surface area contributed by atoms with Gasteiger partial charge in [0.2, 0.25) is 11.8 Å². The lowest BCUT2D eigenvalue weighted by molar-refractivity contribution is 0.232. The van der Waals surface area contributed by atoms with Gasteiger partial charge in [0.25, 0.3) is 0 Å². The highest BCUT2D eigenvalue weighted by Gasteiger charge is 2.07. The van der Waals surface area contributed by atoms with Crippen LogP contribution < -0.4 is 10.2 Å². The van der Waals surface area contributed by atoms with Gasteiger partial charge in [0, 0.05) is 23.1 Å². The van der Waals surface area contributed by atoms with Crippen LogP contribution in [0.2, 0.25) is 0 Å². The van der Waals surface area contributed by atoms with Crippen molar-refractivity contribution in [2.45, 2.75) is 40.7 Å². The molecule has 5 nitrogen and oxygen atoms in total. The molecule has 0 fully saturated rings. The third-order valence-electron chi connectivity index (χ3n) is 2.67. The quantitative estimate of drug-likeness (QED) is 0.918. The summed E-state index contributed by atoms with van der Waals surface area (Å²) in [5.41, 5.74) is 6.27. The predicted octanol–water partition coefficient (Wildman–Crippen LogP) is 2.87. The summed E-state index contributed by atoms with van der Waals surface area (Å²) in [5.74, 6) is 1.13. The van der Waals surface area contributed by atoms with Crippen molar-refractivity contribution in [3.05, 3.63) is 35.3 Å². The molecule has 2 rings (SSSR count). The summed E-state index contributed by atoms with van der Waals surface area (Å²) in [5, 5.41) is 0. The van der Waals surface area contributed by atoms with E-state index >= 15 is 0 Å². The van der Waals surface area contributed by atoms with E-state index in [1.54, 1.807) is 0 Å². The van der Waals surface area contributed by atoms with Gasteiger partial charge in [-0.2, -0.15) is 4.98 Å². The van der Waals surface area contributed by atoms with Crippen molar-refractivity contribution in [1.29, 1.82) is 0 Å². The Bertz CT molecular complexity index is 555. The highest BCUT2D eigenvalue weighted by Crippen LogP contribution is 2.15. The first kappa shape index (κ1) is 13.4. The Morgan fingerprint density at radius 2 is 1.74 bits per heavy atom. The van der Waals surface area contributed by atoms with E-state index in [4.69, 9.17) is 4.74 Å². The molecule has 0 atom stereocenters. The number of aromatic nitrogens is 3. The van der Waals surface area contributed by atoms with Crippen molar-refractivity contribution in [3.8, 4) is 5.88 Å². The van der Waals surface area contributed by atoms with Gasteiger partial charge >= 0.3 is 0 Å². The van der Waals surface area contributed by atoms with Gasteiger partial charge in [-0.3, -0.25) is 10.1 Å². The Kier molecular flexibility index (Phi) is 3.74. The van der Waals surface area contributed by atoms with Crippen molar-refractivity contribution in [2.24, 2.45) is 0 Å². The standard InChI is InChI=1S/C14H20N4O/c1-9(2)19-13-8-10(3)15-14(16-13)17-18-11(4)6-7-12(18)5/h6-9H,1-5H3,(H,15,16,17). The number of ether oxygens (including phenoxy) is 1. The molecule has 0 aliphatic heterocycles. The Labute approximate surface area is 113 Å². The predicted molar refractivity (Wildman–Crippen MR) is 75.5 cm³/mol. The molecule has 2 aromatic heterocycles. The lowest BCUT2D eigenvalue weighted by Crippen LogP contribution is -2.16. The van der Waals surface area contributed by atoms with E-state index in [0.717, 1.165) is 17.1 Å². The fourth-order valence-electron chi connectivity index (χ4n) is 1.84. The van der Waals surface area contributed by atoms with E-state index in [9.17, 15) is 0 Å². The molecule has 0 saturated heterocycles. The third kappa shape index (κ3) is 3.24. The molecule has 0 bridgehead atoms. The van der Waals surface area contributed by atoms with Crippen molar-refractivity contribution in [2.75, 3.05) is 5.43 Å². The summed E-state index contributed by atoms with van der Waals surface area (Å²) in [7, 11) is 0. The molecule has 0 spiro atoms. The zero-order chi connectivity index (χ0) is 14.0. The topological polar surface area (TPSA) is 52.0 Å². The number of rotatable bonds is 4. The summed E-state index contributed by atoms with van der Waals surface area (Å²) in [6.45, 7) is 9.94. The van der Waals surface area contributed by atoms with Crippen LogP contribution in [0, 0.1) is 20.8 Å². The highest BCUT2D eigenvalue weighted by molar-refractivity contribution is 5.32. The van der Waals surface area contributed by atoms with Crippen LogP contribution >= 0.6 is 0 Å². The maximum atomic E-state index is 5.61. The first-order chi connectivity index (χ1) is 8.95. The largest absolute Gasteiger partial charge is 0.475 e. The Hall–Kier alpha value is -2.04. The van der Waals surface area contributed by atoms with Gasteiger partial charge in [-0.05, 0) is 46.8 Å². The van der Waals surface area contributed by atoms with Gasteiger partial charge in [0.15, 0.2) is 0 Å². The second-order valence-corrected chi connectivity index (χ2v) is 4.90. The van der Waals surface area contributed by atoms with Crippen molar-refractivity contribution < 1.29 is 4.74 Å². The van der Waals surface area contributed by atoms with E-state index in [-0.39, 0.29) is 6.10 Å². The second-order valence-electron chi connectivity index (χ2n) is 4.90. The molecule has 0 saturated carbocycles. The number of anilines is 1. The maximum absolute atomic E-state index is 5.61. The van der Waals surface area contributed by atoms with Crippen molar-refractivity contribution >= 4 is 5.95 Å². The van der Waals surface area contributed by atoms with Gasteiger partial charge in [-0.1, -0.05) is 0 Å². The molecular weight excluding hydrogens is 240 g/mol. The summed E-state index contributed by atoms with van der Waals surface area (Å²) in [6.07, 6.45) is 0.0946. The maximum Gasteiger partial charge on any atom is 0.245 e. The van der Waals surface area contributed by atoms with Gasteiger partial charge in [-0.15, -0.1) is 0 Å². The average Bonchev–Trinajstić information content (AvgIpc) is 2.59. The minimum atomic E-state index is 0.0946. The molecule has 0 aliphatic carbocycles. The molecule has 0 aliphatic rings. The summed E-state index contributed by atoms with van der Waals surface area (Å²) in [6, 6.07) is 5.92. The van der Waals surface area contributed by atoms with Crippen LogP contribution in [0.3, 0.4) is 0 Å². The Morgan fingerprint density at radius 3 is 2.32 bits per heavy atom. The minimum absolute atomic E-state index is 0.0946. The van der Waals surface area contributed by atoms with E-state index < -0.39 is 0 Å². The molecule has 1 N–H and O–H groups in total. The molecule has 2 heterocycles. The van der Waals surface area contributed by atoms with E-state index in [2.05, 4.69) is 15.4 Å². The Balaban J connectivity index is 2.27. The third-order valence-corrected chi connectivity index (χ3v) is 2.67. The fourth-order valence-corrected chi connectivity index (χ4v) is 1.84. The molecular formula is C14H20N4O. The van der Waals surface area contributed by atoms with Gasteiger partial charge in [-0.25, -0.2) is 4.98 Å². The van der Waals surface area contributed by atoms with Crippen LogP contribution in [0.5, 0.6) is 5.88 Å². The second kappa shape index (κ2) is 5.30. The Morgan fingerprint density at radius 1 is 1.11 bits per heavy atom. The van der Waals surface area contributed by atoms with Crippen molar-refractivity contribution in [3.63, 3.8) is 0 Å². The number of nitrogens with one attached hydrogen (secondary N) is 1. The fraction of sp³-hybridized carbons (Fsp3) is 0.429. The van der Waals surface area contributed by atoms with Crippen LogP contribution in [-0.2, 0) is 0 Å². The monoisotopic (exact) mass is 260 g/mol. The van der Waals surface area contributed by atoms with Crippen LogP contribution in [0.15, 0.2) is 18.2 Å². The molecule has 0 aromatic carbocycles. The van der Waals surface area contributed by atoms with Gasteiger partial charge < -0.3 is 4.74 Å². The van der Waals surface area contributed by atoms with E-state index in [1.807, 2.05) is 57.5 Å². The number of hydrogen-bond donors (Lipinski definition) is 1. The minimum Gasteiger partial charge on any atom is -0.475 e. The molecule has 2 aromatic rings. The molecule has 0 unspecified atom stereocenters. The summed E-state index contributed by atoms with van der Waals surface area (Å²) in [4.78, 5) is 8.74. The summed E-state index contributed by atoms with van der Waals surface area (Å²) < 4.78 is 7.57. The molecule has 5 heteroatoms.